The number of hydrogen-bond donors (Lipinski definition) is 4. The number of anilines is 1. The SMILES string of the molecule is [N-]=[N+]=NCCCNc1ncnc2c1ncn2[C@@H]1O[C@H](CSCC[C@H]([NH3+])C(=O)[O-])[C@@H](O)[C@H]1O. The van der Waals surface area contributed by atoms with Crippen LogP contribution in [0.1, 0.15) is 19.1 Å². The summed E-state index contributed by atoms with van der Waals surface area (Å²) in [4.78, 5) is 26.2. The van der Waals surface area contributed by atoms with Crippen LogP contribution in [0.4, 0.5) is 5.82 Å². The Kier molecular flexibility index (Phi) is 8.44. The first-order chi connectivity index (χ1) is 15.4. The first kappa shape index (κ1) is 24.0. The molecule has 1 aliphatic rings. The zero-order valence-corrected chi connectivity index (χ0v) is 18.0. The fourth-order valence-electron chi connectivity index (χ4n) is 3.21. The van der Waals surface area contributed by atoms with Crippen LogP contribution in [0.5, 0.6) is 0 Å². The second-order valence-corrected chi connectivity index (χ2v) is 8.36. The number of hydrogen-bond acceptors (Lipinski definition) is 11. The van der Waals surface area contributed by atoms with E-state index in [4.69, 9.17) is 10.3 Å². The molecule has 0 spiro atoms. The van der Waals surface area contributed by atoms with Crippen molar-refractivity contribution in [1.82, 2.24) is 19.5 Å². The molecular weight excluding hydrogens is 442 g/mol. The number of azide groups is 1. The molecule has 0 radical (unpaired) electrons. The summed E-state index contributed by atoms with van der Waals surface area (Å²) in [5, 5.41) is 38.3. The summed E-state index contributed by atoms with van der Waals surface area (Å²) in [5.74, 6) is 0.168. The summed E-state index contributed by atoms with van der Waals surface area (Å²) in [6.07, 6.45) is -0.0883. The van der Waals surface area contributed by atoms with Crippen LogP contribution in [-0.4, -0.2) is 84.7 Å². The van der Waals surface area contributed by atoms with E-state index in [1.807, 2.05) is 0 Å². The standard InChI is InChI=1S/C17H25N9O5S/c18-9(17(29)30)2-5-32-6-10-12(27)13(28)16(31-10)26-8-23-11-14(21-7-22-15(11)26)20-3-1-4-24-25-19/h7-10,12-13,16,27-28H,1-6,18H2,(H,29,30)(H,20,21,22)/t9-,10+,12+,13+,16+/m0/s1. The van der Waals surface area contributed by atoms with Crippen LogP contribution in [-0.2, 0) is 9.53 Å². The lowest BCUT2D eigenvalue weighted by atomic mass is 10.1. The first-order valence-corrected chi connectivity index (χ1v) is 11.1. The highest BCUT2D eigenvalue weighted by molar-refractivity contribution is 7.99. The van der Waals surface area contributed by atoms with Crippen LogP contribution in [0, 0.1) is 0 Å². The molecule has 0 aromatic carbocycles. The fourth-order valence-corrected chi connectivity index (χ4v) is 4.33. The first-order valence-electron chi connectivity index (χ1n) is 9.99. The van der Waals surface area contributed by atoms with E-state index < -0.39 is 36.6 Å². The number of aromatic nitrogens is 4. The molecule has 1 fully saturated rings. The van der Waals surface area contributed by atoms with Crippen molar-refractivity contribution in [2.24, 2.45) is 5.11 Å². The number of rotatable bonds is 12. The van der Waals surface area contributed by atoms with E-state index in [2.05, 4.69) is 36.0 Å². The van der Waals surface area contributed by atoms with Crippen molar-refractivity contribution in [2.45, 2.75) is 43.4 Å². The van der Waals surface area contributed by atoms with Crippen LogP contribution < -0.4 is 16.2 Å². The number of nitrogens with zero attached hydrogens (tertiary/aromatic N) is 7. The van der Waals surface area contributed by atoms with Gasteiger partial charge in [-0.2, -0.15) is 11.8 Å². The predicted molar refractivity (Wildman–Crippen MR) is 112 cm³/mol. The molecule has 174 valence electrons. The third-order valence-electron chi connectivity index (χ3n) is 4.99. The number of aliphatic hydroxyl groups excluding tert-OH is 2. The topological polar surface area (TPSA) is 222 Å². The summed E-state index contributed by atoms with van der Waals surface area (Å²) >= 11 is 1.40. The number of carbonyl (C=O) groups excluding carboxylic acids is 1. The Morgan fingerprint density at radius 3 is 3.00 bits per heavy atom. The van der Waals surface area contributed by atoms with Gasteiger partial charge in [-0.05, 0) is 17.7 Å². The third kappa shape index (κ3) is 5.56. The lowest BCUT2D eigenvalue weighted by Crippen LogP contribution is -2.68. The van der Waals surface area contributed by atoms with Gasteiger partial charge in [0.2, 0.25) is 0 Å². The molecule has 2 aromatic heterocycles. The highest BCUT2D eigenvalue weighted by atomic mass is 32.2. The molecule has 3 heterocycles. The van der Waals surface area contributed by atoms with Gasteiger partial charge in [-0.1, -0.05) is 5.11 Å². The summed E-state index contributed by atoms with van der Waals surface area (Å²) in [7, 11) is 0. The maximum absolute atomic E-state index is 10.7. The predicted octanol–water partition coefficient (Wildman–Crippen LogP) is -1.96. The van der Waals surface area contributed by atoms with Crippen LogP contribution >= 0.6 is 11.8 Å². The van der Waals surface area contributed by atoms with Crippen molar-refractivity contribution in [3.63, 3.8) is 0 Å². The number of aliphatic carboxylic acids is 1. The van der Waals surface area contributed by atoms with Crippen molar-refractivity contribution in [3.05, 3.63) is 23.1 Å². The lowest BCUT2D eigenvalue weighted by Gasteiger charge is -2.16. The van der Waals surface area contributed by atoms with Gasteiger partial charge in [-0.3, -0.25) is 4.57 Å². The van der Waals surface area contributed by atoms with E-state index in [0.29, 0.717) is 54.4 Å². The van der Waals surface area contributed by atoms with Gasteiger partial charge in [-0.25, -0.2) is 15.0 Å². The molecule has 6 N–H and O–H groups in total. The van der Waals surface area contributed by atoms with Gasteiger partial charge in [0.05, 0.1) is 18.4 Å². The van der Waals surface area contributed by atoms with E-state index in [1.54, 1.807) is 4.57 Å². The fraction of sp³-hybridized carbons (Fsp3) is 0.647. The van der Waals surface area contributed by atoms with Crippen LogP contribution in [0.2, 0.25) is 0 Å². The quantitative estimate of drug-likeness (QED) is 0.117. The highest BCUT2D eigenvalue weighted by Crippen LogP contribution is 2.33. The summed E-state index contributed by atoms with van der Waals surface area (Å²) < 4.78 is 7.43. The number of carbonyl (C=O) groups is 1. The molecule has 0 bridgehead atoms. The maximum atomic E-state index is 10.7. The van der Waals surface area contributed by atoms with E-state index in [0.717, 1.165) is 0 Å². The molecule has 1 saturated heterocycles. The van der Waals surface area contributed by atoms with Crippen LogP contribution in [0.15, 0.2) is 17.8 Å². The average molecular weight is 468 g/mol. The van der Waals surface area contributed by atoms with Gasteiger partial charge in [0.25, 0.3) is 0 Å². The molecule has 1 aliphatic heterocycles. The van der Waals surface area contributed by atoms with Gasteiger partial charge >= 0.3 is 0 Å². The van der Waals surface area contributed by atoms with Crippen LogP contribution in [0.25, 0.3) is 21.6 Å². The smallest absolute Gasteiger partial charge is 0.167 e. The Labute approximate surface area is 186 Å². The number of nitrogens with one attached hydrogen (secondary N) is 1. The molecule has 5 atom stereocenters. The van der Waals surface area contributed by atoms with Crippen molar-refractivity contribution < 1.29 is 30.6 Å². The van der Waals surface area contributed by atoms with Gasteiger partial charge in [0, 0.05) is 30.2 Å². The Morgan fingerprint density at radius 2 is 2.25 bits per heavy atom. The molecule has 0 unspecified atom stereocenters. The molecule has 0 aliphatic carbocycles. The van der Waals surface area contributed by atoms with Gasteiger partial charge < -0.3 is 35.9 Å². The minimum Gasteiger partial charge on any atom is -0.544 e. The number of carboxylic acids is 1. The Morgan fingerprint density at radius 1 is 1.44 bits per heavy atom. The zero-order valence-electron chi connectivity index (χ0n) is 17.1. The number of fused-ring (bicyclic) bond motifs is 1. The highest BCUT2D eigenvalue weighted by Gasteiger charge is 2.44. The number of quaternary nitrogens is 1. The lowest BCUT2D eigenvalue weighted by molar-refractivity contribution is -0.437. The normalized spacial score (nSPS) is 23.7. The molecule has 3 rings (SSSR count). The van der Waals surface area contributed by atoms with Crippen LogP contribution in [0.3, 0.4) is 0 Å². The molecule has 14 nitrogen and oxygen atoms in total. The van der Waals surface area contributed by atoms with E-state index in [9.17, 15) is 20.1 Å². The molecule has 32 heavy (non-hydrogen) atoms. The van der Waals surface area contributed by atoms with Crippen molar-refractivity contribution in [1.29, 1.82) is 0 Å². The van der Waals surface area contributed by atoms with Crippen molar-refractivity contribution in [3.8, 4) is 0 Å². The largest absolute Gasteiger partial charge is 0.544 e. The van der Waals surface area contributed by atoms with Gasteiger partial charge in [0.15, 0.2) is 23.2 Å². The maximum Gasteiger partial charge on any atom is 0.167 e. The molecule has 15 heteroatoms. The number of carboxylic acid groups (broad SMARTS) is 1. The monoisotopic (exact) mass is 467 g/mol. The number of aliphatic hydroxyl groups is 2. The molecular formula is C17H25N9O5S. The molecule has 0 saturated carbocycles. The van der Waals surface area contributed by atoms with Gasteiger partial charge in [0.1, 0.15) is 24.6 Å². The number of ether oxygens (including phenoxy) is 1. The van der Waals surface area contributed by atoms with E-state index in [-0.39, 0.29) is 0 Å². The third-order valence-corrected chi connectivity index (χ3v) is 6.08. The minimum absolute atomic E-state index is 0.337. The summed E-state index contributed by atoms with van der Waals surface area (Å²) in [6.45, 7) is 0.874. The van der Waals surface area contributed by atoms with Crippen molar-refractivity contribution >= 4 is 34.7 Å². The number of imidazole rings is 1. The Hall–Kier alpha value is -2.68. The molecule has 0 amide bonds. The summed E-state index contributed by atoms with van der Waals surface area (Å²) in [6, 6.07) is -0.797. The second-order valence-electron chi connectivity index (χ2n) is 7.21. The average Bonchev–Trinajstić information content (AvgIpc) is 3.33. The molecule has 2 aromatic rings. The minimum atomic E-state index is -1.20. The van der Waals surface area contributed by atoms with Crippen molar-refractivity contribution in [2.75, 3.05) is 29.9 Å². The number of thioether (sulfide) groups is 1. The zero-order chi connectivity index (χ0) is 23.1. The second kappa shape index (κ2) is 11.3. The van der Waals surface area contributed by atoms with E-state index in [1.165, 1.54) is 24.4 Å². The van der Waals surface area contributed by atoms with Gasteiger partial charge in [-0.15, -0.1) is 0 Å². The Balaban J connectivity index is 1.63. The van der Waals surface area contributed by atoms with E-state index >= 15 is 0 Å². The Bertz CT molecular complexity index is 969. The summed E-state index contributed by atoms with van der Waals surface area (Å²) in [5.41, 5.74) is 12.7.